The SMILES string of the molecule is O=c1c2ccccc2nc2n1CC/C2=C\c1cc(C(F)(F)F)cc(C(F)(F)F)c1. The van der Waals surface area contributed by atoms with E-state index < -0.39 is 23.5 Å². The van der Waals surface area contributed by atoms with Gasteiger partial charge in [0.2, 0.25) is 0 Å². The Hall–Kier alpha value is -3.10. The van der Waals surface area contributed by atoms with E-state index in [1.54, 1.807) is 24.3 Å². The van der Waals surface area contributed by atoms with Gasteiger partial charge in [-0.1, -0.05) is 12.1 Å². The Bertz CT molecular complexity index is 1170. The van der Waals surface area contributed by atoms with Crippen LogP contribution >= 0.6 is 0 Å². The molecule has 1 aliphatic heterocycles. The van der Waals surface area contributed by atoms with Gasteiger partial charge < -0.3 is 0 Å². The molecule has 0 bridgehead atoms. The molecule has 0 N–H and O–H groups in total. The minimum absolute atomic E-state index is 0.0842. The van der Waals surface area contributed by atoms with Crippen molar-refractivity contribution in [2.24, 2.45) is 0 Å². The molecule has 29 heavy (non-hydrogen) atoms. The van der Waals surface area contributed by atoms with Gasteiger partial charge >= 0.3 is 12.4 Å². The maximum absolute atomic E-state index is 13.1. The summed E-state index contributed by atoms with van der Waals surface area (Å²) in [5, 5.41) is 0.399. The van der Waals surface area contributed by atoms with Crippen molar-refractivity contribution >= 4 is 22.6 Å². The van der Waals surface area contributed by atoms with E-state index in [2.05, 4.69) is 4.98 Å². The summed E-state index contributed by atoms with van der Waals surface area (Å²) in [5.74, 6) is 0.250. The highest BCUT2D eigenvalue weighted by Gasteiger charge is 2.36. The van der Waals surface area contributed by atoms with Crippen LogP contribution in [0.3, 0.4) is 0 Å². The van der Waals surface area contributed by atoms with Crippen LogP contribution in [-0.2, 0) is 18.9 Å². The third-order valence-corrected chi connectivity index (χ3v) is 4.70. The number of halogens is 6. The molecule has 0 aliphatic carbocycles. The monoisotopic (exact) mass is 410 g/mol. The van der Waals surface area contributed by atoms with Crippen LogP contribution in [0.4, 0.5) is 26.3 Å². The quantitative estimate of drug-likeness (QED) is 0.505. The number of alkyl halides is 6. The summed E-state index contributed by atoms with van der Waals surface area (Å²) in [6.07, 6.45) is -8.35. The third kappa shape index (κ3) is 3.52. The van der Waals surface area contributed by atoms with Crippen molar-refractivity contribution in [2.75, 3.05) is 0 Å². The summed E-state index contributed by atoms with van der Waals surface area (Å²) < 4.78 is 79.8. The molecular formula is C20H12F6N2O. The minimum Gasteiger partial charge on any atom is -0.292 e. The Morgan fingerprint density at radius 2 is 1.55 bits per heavy atom. The lowest BCUT2D eigenvalue weighted by Crippen LogP contribution is -2.20. The molecule has 1 aliphatic rings. The molecule has 2 aromatic carbocycles. The van der Waals surface area contributed by atoms with Crippen LogP contribution in [0, 0.1) is 0 Å². The Morgan fingerprint density at radius 1 is 0.931 bits per heavy atom. The molecule has 0 radical (unpaired) electrons. The van der Waals surface area contributed by atoms with Crippen molar-refractivity contribution in [1.82, 2.24) is 9.55 Å². The van der Waals surface area contributed by atoms with Gasteiger partial charge in [0.05, 0.1) is 22.0 Å². The van der Waals surface area contributed by atoms with Gasteiger partial charge in [-0.3, -0.25) is 9.36 Å². The molecule has 150 valence electrons. The first-order valence-corrected chi connectivity index (χ1v) is 8.54. The first-order chi connectivity index (χ1) is 13.5. The van der Waals surface area contributed by atoms with Gasteiger partial charge in [0.1, 0.15) is 5.82 Å². The predicted molar refractivity (Wildman–Crippen MR) is 94.9 cm³/mol. The average molecular weight is 410 g/mol. The maximum atomic E-state index is 13.1. The van der Waals surface area contributed by atoms with Crippen molar-refractivity contribution in [1.29, 1.82) is 0 Å². The Balaban J connectivity index is 1.88. The van der Waals surface area contributed by atoms with Crippen molar-refractivity contribution < 1.29 is 26.3 Å². The zero-order chi connectivity index (χ0) is 21.0. The summed E-state index contributed by atoms with van der Waals surface area (Å²) in [6, 6.07) is 8.01. The molecule has 0 unspecified atom stereocenters. The van der Waals surface area contributed by atoms with Gasteiger partial charge in [0.15, 0.2) is 0 Å². The van der Waals surface area contributed by atoms with Crippen LogP contribution in [0.15, 0.2) is 47.3 Å². The Morgan fingerprint density at radius 3 is 2.17 bits per heavy atom. The zero-order valence-corrected chi connectivity index (χ0v) is 14.6. The van der Waals surface area contributed by atoms with Crippen molar-refractivity contribution in [2.45, 2.75) is 25.3 Å². The highest BCUT2D eigenvalue weighted by atomic mass is 19.4. The van der Waals surface area contributed by atoms with Crippen LogP contribution in [-0.4, -0.2) is 9.55 Å². The molecule has 4 rings (SSSR count). The Labute approximate surface area is 159 Å². The lowest BCUT2D eigenvalue weighted by molar-refractivity contribution is -0.143. The van der Waals surface area contributed by atoms with Gasteiger partial charge in [0.25, 0.3) is 5.56 Å². The van der Waals surface area contributed by atoms with Crippen LogP contribution in [0.25, 0.3) is 22.6 Å². The number of fused-ring (bicyclic) bond motifs is 2. The molecule has 0 saturated heterocycles. The van der Waals surface area contributed by atoms with Gasteiger partial charge in [-0.15, -0.1) is 0 Å². The van der Waals surface area contributed by atoms with E-state index in [0.29, 0.717) is 28.6 Å². The molecule has 0 atom stereocenters. The molecule has 1 aromatic heterocycles. The number of para-hydroxylation sites is 1. The smallest absolute Gasteiger partial charge is 0.292 e. The molecule has 9 heteroatoms. The normalized spacial score (nSPS) is 15.9. The van der Waals surface area contributed by atoms with Gasteiger partial charge in [-0.2, -0.15) is 26.3 Å². The first kappa shape index (κ1) is 19.2. The zero-order valence-electron chi connectivity index (χ0n) is 14.6. The van der Waals surface area contributed by atoms with Crippen molar-refractivity contribution in [3.63, 3.8) is 0 Å². The highest BCUT2D eigenvalue weighted by Crippen LogP contribution is 2.37. The number of hydrogen-bond donors (Lipinski definition) is 0. The standard InChI is InChI=1S/C20H12F6N2O/c21-19(22,23)13-8-11(9-14(10-13)20(24,25)26)7-12-5-6-28-17(12)27-16-4-2-1-3-15(16)18(28)29/h1-4,7-10H,5-6H2/b12-7+. The van der Waals surface area contributed by atoms with Gasteiger partial charge in [-0.05, 0) is 54.0 Å². The minimum atomic E-state index is -4.92. The lowest BCUT2D eigenvalue weighted by atomic mass is 10.0. The second kappa shape index (κ2) is 6.47. The highest BCUT2D eigenvalue weighted by molar-refractivity contribution is 5.84. The summed E-state index contributed by atoms with van der Waals surface area (Å²) in [6.45, 7) is 0.253. The van der Waals surface area contributed by atoms with Gasteiger partial charge in [-0.25, -0.2) is 4.98 Å². The fourth-order valence-corrected chi connectivity index (χ4v) is 3.36. The van der Waals surface area contributed by atoms with Crippen LogP contribution < -0.4 is 5.56 Å². The van der Waals surface area contributed by atoms with Gasteiger partial charge in [0, 0.05) is 6.54 Å². The van der Waals surface area contributed by atoms with E-state index in [4.69, 9.17) is 0 Å². The fraction of sp³-hybridized carbons (Fsp3) is 0.200. The van der Waals surface area contributed by atoms with E-state index >= 15 is 0 Å². The molecule has 0 amide bonds. The number of nitrogens with zero attached hydrogens (tertiary/aromatic N) is 2. The number of benzene rings is 2. The maximum Gasteiger partial charge on any atom is 0.416 e. The predicted octanol–water partition coefficient (Wildman–Crippen LogP) is 5.38. The molecule has 3 nitrogen and oxygen atoms in total. The fourth-order valence-electron chi connectivity index (χ4n) is 3.36. The second-order valence-electron chi connectivity index (χ2n) is 6.67. The topological polar surface area (TPSA) is 34.9 Å². The molecule has 3 aromatic rings. The number of aromatic nitrogens is 2. The lowest BCUT2D eigenvalue weighted by Gasteiger charge is -2.13. The van der Waals surface area contributed by atoms with E-state index in [1.165, 1.54) is 10.6 Å². The van der Waals surface area contributed by atoms with Crippen LogP contribution in [0.2, 0.25) is 0 Å². The second-order valence-corrected chi connectivity index (χ2v) is 6.67. The largest absolute Gasteiger partial charge is 0.416 e. The van der Waals surface area contributed by atoms with E-state index in [-0.39, 0.29) is 36.0 Å². The summed E-state index contributed by atoms with van der Waals surface area (Å²) >= 11 is 0. The number of allylic oxidation sites excluding steroid dienone is 1. The van der Waals surface area contributed by atoms with Crippen LogP contribution in [0.1, 0.15) is 28.9 Å². The molecule has 0 saturated carbocycles. The molecule has 2 heterocycles. The summed E-state index contributed by atoms with van der Waals surface area (Å²) in [5.41, 5.74) is -2.51. The Kier molecular flexibility index (Phi) is 4.29. The third-order valence-electron chi connectivity index (χ3n) is 4.70. The van der Waals surface area contributed by atoms with E-state index in [9.17, 15) is 31.1 Å². The molecule has 0 fully saturated rings. The average Bonchev–Trinajstić information content (AvgIpc) is 3.03. The van der Waals surface area contributed by atoms with E-state index in [0.717, 1.165) is 0 Å². The summed E-state index contributed by atoms with van der Waals surface area (Å²) in [4.78, 5) is 17.0. The van der Waals surface area contributed by atoms with E-state index in [1.807, 2.05) is 0 Å². The molecule has 0 spiro atoms. The summed E-state index contributed by atoms with van der Waals surface area (Å²) in [7, 11) is 0. The number of hydrogen-bond acceptors (Lipinski definition) is 2. The van der Waals surface area contributed by atoms with Crippen molar-refractivity contribution in [3.05, 3.63) is 75.3 Å². The van der Waals surface area contributed by atoms with Crippen LogP contribution in [0.5, 0.6) is 0 Å². The number of rotatable bonds is 1. The van der Waals surface area contributed by atoms with Crippen molar-refractivity contribution in [3.8, 4) is 0 Å². The molecular weight excluding hydrogens is 398 g/mol. The first-order valence-electron chi connectivity index (χ1n) is 8.54.